The van der Waals surface area contributed by atoms with E-state index in [1.54, 1.807) is 0 Å². The number of nitrogens with one attached hydrogen (secondary N) is 1. The lowest BCUT2D eigenvalue weighted by molar-refractivity contribution is -0.127. The van der Waals surface area contributed by atoms with Gasteiger partial charge in [0.2, 0.25) is 5.91 Å². The van der Waals surface area contributed by atoms with Crippen molar-refractivity contribution in [1.82, 2.24) is 14.8 Å². The van der Waals surface area contributed by atoms with Crippen LogP contribution in [0.25, 0.3) is 6.08 Å². The second-order valence-electron chi connectivity index (χ2n) is 8.07. The van der Waals surface area contributed by atoms with Crippen molar-refractivity contribution in [3.63, 3.8) is 0 Å². The number of carbonyl (C=O) groups excluding carboxylic acids is 1. The summed E-state index contributed by atoms with van der Waals surface area (Å²) in [6.45, 7) is 5.39. The predicted octanol–water partition coefficient (Wildman–Crippen LogP) is 2.18. The third-order valence-corrected chi connectivity index (χ3v) is 6.41. The van der Waals surface area contributed by atoms with Gasteiger partial charge in [0.25, 0.3) is 5.56 Å². The van der Waals surface area contributed by atoms with Crippen LogP contribution in [0.1, 0.15) is 36.7 Å². The van der Waals surface area contributed by atoms with Gasteiger partial charge in [-0.05, 0) is 31.5 Å². The monoisotopic (exact) mass is 407 g/mol. The van der Waals surface area contributed by atoms with Crippen molar-refractivity contribution in [3.8, 4) is 0 Å². The Bertz CT molecular complexity index is 999. The van der Waals surface area contributed by atoms with Crippen molar-refractivity contribution < 1.29 is 9.90 Å². The van der Waals surface area contributed by atoms with Gasteiger partial charge in [-0.25, -0.2) is 0 Å². The summed E-state index contributed by atoms with van der Waals surface area (Å²) >= 11 is 0. The quantitative estimate of drug-likeness (QED) is 0.770. The maximum absolute atomic E-state index is 13.1. The van der Waals surface area contributed by atoms with Crippen LogP contribution in [0.2, 0.25) is 0 Å². The number of aliphatic hydroxyl groups is 1. The number of benzene rings is 1. The van der Waals surface area contributed by atoms with E-state index in [2.05, 4.69) is 22.3 Å². The molecule has 0 aliphatic carbocycles. The van der Waals surface area contributed by atoms with Crippen LogP contribution in [0.15, 0.2) is 53.3 Å². The fourth-order valence-corrected chi connectivity index (χ4v) is 5.15. The molecule has 6 heteroatoms. The van der Waals surface area contributed by atoms with E-state index in [0.29, 0.717) is 25.2 Å². The number of pyridine rings is 1. The average Bonchev–Trinajstić information content (AvgIpc) is 2.95. The molecule has 1 amide bonds. The zero-order valence-electron chi connectivity index (χ0n) is 17.5. The molecule has 2 aliphatic heterocycles. The molecule has 0 radical (unpaired) electrons. The summed E-state index contributed by atoms with van der Waals surface area (Å²) in [4.78, 5) is 28.5. The number of rotatable bonds is 6. The van der Waals surface area contributed by atoms with Crippen LogP contribution < -0.4 is 10.9 Å². The second-order valence-corrected chi connectivity index (χ2v) is 8.07. The summed E-state index contributed by atoms with van der Waals surface area (Å²) in [6.07, 6.45) is 3.68. The summed E-state index contributed by atoms with van der Waals surface area (Å²) < 4.78 is 1.81. The molecule has 30 heavy (non-hydrogen) atoms. The third-order valence-electron chi connectivity index (χ3n) is 6.41. The molecule has 2 N–H and O–H groups in total. The molecule has 0 saturated carbocycles. The largest absolute Gasteiger partial charge is 0.396 e. The molecular formula is C24H29N3O3. The number of hydrogen-bond donors (Lipinski definition) is 2. The molecule has 1 aromatic carbocycles. The van der Waals surface area contributed by atoms with Crippen molar-refractivity contribution in [2.45, 2.75) is 39.0 Å². The van der Waals surface area contributed by atoms with E-state index in [4.69, 9.17) is 0 Å². The summed E-state index contributed by atoms with van der Waals surface area (Å²) in [5.74, 6) is -0.681. The van der Waals surface area contributed by atoms with Gasteiger partial charge >= 0.3 is 0 Å². The van der Waals surface area contributed by atoms with Crippen molar-refractivity contribution in [2.75, 3.05) is 13.2 Å². The van der Waals surface area contributed by atoms with Crippen LogP contribution in [0.3, 0.4) is 0 Å². The van der Waals surface area contributed by atoms with E-state index in [9.17, 15) is 14.7 Å². The van der Waals surface area contributed by atoms with Crippen molar-refractivity contribution >= 4 is 12.0 Å². The van der Waals surface area contributed by atoms with E-state index in [1.807, 2.05) is 60.9 Å². The van der Waals surface area contributed by atoms with E-state index >= 15 is 0 Å². The number of hydrogen-bond acceptors (Lipinski definition) is 4. The number of fused-ring (bicyclic) bond motifs is 4. The average molecular weight is 408 g/mol. The molecule has 4 rings (SSSR count). The van der Waals surface area contributed by atoms with Crippen LogP contribution >= 0.6 is 0 Å². The molecule has 2 bridgehead atoms. The first-order chi connectivity index (χ1) is 14.6. The van der Waals surface area contributed by atoms with Gasteiger partial charge in [-0.2, -0.15) is 0 Å². The van der Waals surface area contributed by atoms with Crippen molar-refractivity contribution in [2.24, 2.45) is 11.8 Å². The maximum Gasteiger partial charge on any atom is 0.258 e. The Morgan fingerprint density at radius 1 is 1.23 bits per heavy atom. The number of allylic oxidation sites excluding steroid dienone is 1. The highest BCUT2D eigenvalue weighted by Crippen LogP contribution is 2.48. The van der Waals surface area contributed by atoms with Gasteiger partial charge in [0, 0.05) is 49.5 Å². The van der Waals surface area contributed by atoms with Crippen LogP contribution in [0.5, 0.6) is 0 Å². The van der Waals surface area contributed by atoms with Crippen molar-refractivity contribution in [3.05, 3.63) is 75.7 Å². The number of carbonyl (C=O) groups is 1. The lowest BCUT2D eigenvalue weighted by Crippen LogP contribution is -2.46. The molecule has 3 heterocycles. The Labute approximate surface area is 176 Å². The lowest BCUT2D eigenvalue weighted by Gasteiger charge is -2.38. The zero-order valence-corrected chi connectivity index (χ0v) is 17.5. The number of aromatic nitrogens is 1. The van der Waals surface area contributed by atoms with E-state index in [0.717, 1.165) is 11.3 Å². The summed E-state index contributed by atoms with van der Waals surface area (Å²) in [5, 5.41) is 13.2. The fraction of sp³-hybridized carbons (Fsp3) is 0.417. The first-order valence-corrected chi connectivity index (χ1v) is 10.6. The topological polar surface area (TPSA) is 74.6 Å². The molecule has 2 aromatic rings. The molecule has 1 fully saturated rings. The normalized spacial score (nSPS) is 25.4. The molecule has 4 atom stereocenters. The summed E-state index contributed by atoms with van der Waals surface area (Å²) in [5.41, 5.74) is 2.62. The van der Waals surface area contributed by atoms with Gasteiger partial charge in [-0.1, -0.05) is 42.5 Å². The lowest BCUT2D eigenvalue weighted by atomic mass is 9.86. The fourth-order valence-electron chi connectivity index (χ4n) is 5.15. The Hall–Kier alpha value is -2.70. The minimum atomic E-state index is -0.399. The number of nitrogens with zero attached hydrogens (tertiary/aromatic N) is 2. The van der Waals surface area contributed by atoms with Gasteiger partial charge in [0.1, 0.15) is 0 Å². The molecule has 158 valence electrons. The van der Waals surface area contributed by atoms with E-state index in [-0.39, 0.29) is 36.1 Å². The first kappa shape index (κ1) is 20.6. The standard InChI is InChI=1S/C24H29N3O3/c1-3-8-17-11-12-19-22-21(23(29)25-4-2)18(15-28)20(14-27(19)24(17)30)26(22)13-16-9-6-5-7-10-16/h3,5-12,18,20-22,28H,4,13-15H2,1-2H3,(H,25,29)/b8-3-/t18-,20-,21+,22+/m0/s1. The molecule has 6 nitrogen and oxygen atoms in total. The number of aliphatic hydroxyl groups excluding tert-OH is 1. The van der Waals surface area contributed by atoms with Gasteiger partial charge < -0.3 is 15.0 Å². The highest BCUT2D eigenvalue weighted by atomic mass is 16.3. The minimum Gasteiger partial charge on any atom is -0.396 e. The summed E-state index contributed by atoms with van der Waals surface area (Å²) in [7, 11) is 0. The molecular weight excluding hydrogens is 378 g/mol. The molecule has 1 aromatic heterocycles. The molecule has 2 aliphatic rings. The van der Waals surface area contributed by atoms with E-state index in [1.165, 1.54) is 0 Å². The smallest absolute Gasteiger partial charge is 0.258 e. The predicted molar refractivity (Wildman–Crippen MR) is 117 cm³/mol. The summed E-state index contributed by atoms with van der Waals surface area (Å²) in [6, 6.07) is 13.6. The third kappa shape index (κ3) is 3.40. The molecule has 1 saturated heterocycles. The van der Waals surface area contributed by atoms with Gasteiger partial charge in [-0.3, -0.25) is 14.5 Å². The van der Waals surface area contributed by atoms with Crippen LogP contribution in [0.4, 0.5) is 0 Å². The van der Waals surface area contributed by atoms with Crippen LogP contribution in [-0.2, 0) is 17.9 Å². The highest BCUT2D eigenvalue weighted by molar-refractivity contribution is 5.80. The molecule has 0 unspecified atom stereocenters. The Morgan fingerprint density at radius 3 is 2.67 bits per heavy atom. The Balaban J connectivity index is 1.83. The first-order valence-electron chi connectivity index (χ1n) is 10.6. The van der Waals surface area contributed by atoms with Gasteiger partial charge in [0.15, 0.2) is 0 Å². The Kier molecular flexibility index (Phi) is 5.88. The van der Waals surface area contributed by atoms with E-state index < -0.39 is 5.92 Å². The van der Waals surface area contributed by atoms with Crippen molar-refractivity contribution in [1.29, 1.82) is 0 Å². The van der Waals surface area contributed by atoms with Gasteiger partial charge in [0.05, 0.1) is 12.0 Å². The maximum atomic E-state index is 13.1. The van der Waals surface area contributed by atoms with Crippen LogP contribution in [0, 0.1) is 11.8 Å². The number of amides is 1. The molecule has 0 spiro atoms. The Morgan fingerprint density at radius 2 is 2.00 bits per heavy atom. The van der Waals surface area contributed by atoms with Crippen LogP contribution in [-0.4, -0.2) is 39.7 Å². The zero-order chi connectivity index (χ0) is 21.3. The SMILES string of the molecule is C/C=C\c1ccc2n(c1=O)C[C@H]1[C@H](CO)[C@@H](C(=O)NCC)[C@@H]2N1Cc1ccccc1. The van der Waals surface area contributed by atoms with Gasteiger partial charge in [-0.15, -0.1) is 0 Å². The second kappa shape index (κ2) is 8.58. The minimum absolute atomic E-state index is 0.0341. The highest BCUT2D eigenvalue weighted by Gasteiger charge is 2.55.